The molecule has 0 aromatic carbocycles. The quantitative estimate of drug-likeness (QED) is 0.925. The summed E-state index contributed by atoms with van der Waals surface area (Å²) >= 11 is 3.05. The number of nitrogens with zero attached hydrogens (tertiary/aromatic N) is 2. The molecule has 2 heterocycles. The monoisotopic (exact) mass is 267 g/mol. The zero-order chi connectivity index (χ0) is 12.3. The molecule has 6 heteroatoms. The van der Waals surface area contributed by atoms with E-state index in [2.05, 4.69) is 22.2 Å². The molecule has 0 aliphatic carbocycles. The second kappa shape index (κ2) is 5.37. The van der Waals surface area contributed by atoms with Gasteiger partial charge in [-0.3, -0.25) is 4.79 Å². The van der Waals surface area contributed by atoms with Crippen molar-refractivity contribution in [1.82, 2.24) is 15.3 Å². The summed E-state index contributed by atoms with van der Waals surface area (Å²) in [6, 6.07) is 0. The molecular formula is C11H13N3OS2. The minimum Gasteiger partial charge on any atom is -0.350 e. The standard InChI is InChI=1S/C11H13N3OS2/c1-7(11-14-8(2)4-17-11)3-12-10(15)9-5-16-6-13-9/h4-7H,3H2,1-2H3,(H,12,15). The summed E-state index contributed by atoms with van der Waals surface area (Å²) in [6.45, 7) is 4.61. The second-order valence-electron chi connectivity index (χ2n) is 3.81. The molecule has 0 aliphatic heterocycles. The van der Waals surface area contributed by atoms with Gasteiger partial charge in [-0.25, -0.2) is 9.97 Å². The fourth-order valence-electron chi connectivity index (χ4n) is 1.35. The summed E-state index contributed by atoms with van der Waals surface area (Å²) < 4.78 is 0. The number of aromatic nitrogens is 2. The first-order chi connectivity index (χ1) is 8.16. The van der Waals surface area contributed by atoms with Gasteiger partial charge in [0.25, 0.3) is 5.91 Å². The molecule has 0 fully saturated rings. The fraction of sp³-hybridized carbons (Fsp3) is 0.364. The predicted molar refractivity (Wildman–Crippen MR) is 69.7 cm³/mol. The molecule has 0 radical (unpaired) electrons. The molecule has 2 aromatic rings. The first kappa shape index (κ1) is 12.2. The Hall–Kier alpha value is -1.27. The van der Waals surface area contributed by atoms with Crippen LogP contribution in [0.25, 0.3) is 0 Å². The highest BCUT2D eigenvalue weighted by molar-refractivity contribution is 7.09. The Kier molecular flexibility index (Phi) is 3.86. The lowest BCUT2D eigenvalue weighted by atomic mass is 10.2. The van der Waals surface area contributed by atoms with Gasteiger partial charge in [-0.15, -0.1) is 22.7 Å². The summed E-state index contributed by atoms with van der Waals surface area (Å²) in [5, 5.41) is 7.69. The van der Waals surface area contributed by atoms with Gasteiger partial charge in [0.15, 0.2) is 0 Å². The van der Waals surface area contributed by atoms with Crippen molar-refractivity contribution >= 4 is 28.6 Å². The van der Waals surface area contributed by atoms with Gasteiger partial charge in [-0.05, 0) is 6.92 Å². The number of aryl methyl sites for hydroxylation is 1. The summed E-state index contributed by atoms with van der Waals surface area (Å²) in [6.07, 6.45) is 0. The van der Waals surface area contributed by atoms with Crippen molar-refractivity contribution in [2.45, 2.75) is 19.8 Å². The Morgan fingerprint density at radius 1 is 1.53 bits per heavy atom. The van der Waals surface area contributed by atoms with Crippen molar-refractivity contribution in [3.63, 3.8) is 0 Å². The molecule has 1 atom stereocenters. The number of hydrogen-bond acceptors (Lipinski definition) is 5. The molecule has 0 saturated carbocycles. The molecule has 1 amide bonds. The van der Waals surface area contributed by atoms with Crippen LogP contribution in [-0.4, -0.2) is 22.4 Å². The van der Waals surface area contributed by atoms with E-state index in [9.17, 15) is 4.79 Å². The van der Waals surface area contributed by atoms with Crippen LogP contribution in [0.1, 0.15) is 34.0 Å². The lowest BCUT2D eigenvalue weighted by Crippen LogP contribution is -2.27. The molecule has 90 valence electrons. The van der Waals surface area contributed by atoms with E-state index >= 15 is 0 Å². The van der Waals surface area contributed by atoms with Crippen LogP contribution in [0.5, 0.6) is 0 Å². The van der Waals surface area contributed by atoms with Gasteiger partial charge < -0.3 is 5.32 Å². The number of carbonyl (C=O) groups excluding carboxylic acids is 1. The molecule has 0 spiro atoms. The first-order valence-corrected chi connectivity index (χ1v) is 7.07. The maximum atomic E-state index is 11.7. The molecule has 17 heavy (non-hydrogen) atoms. The number of thiazole rings is 2. The van der Waals surface area contributed by atoms with Crippen molar-refractivity contribution in [2.24, 2.45) is 0 Å². The van der Waals surface area contributed by atoms with E-state index in [1.165, 1.54) is 11.3 Å². The summed E-state index contributed by atoms with van der Waals surface area (Å²) in [5.74, 6) is 0.114. The minimum absolute atomic E-state index is 0.119. The molecule has 0 bridgehead atoms. The highest BCUT2D eigenvalue weighted by Gasteiger charge is 2.12. The average molecular weight is 267 g/mol. The highest BCUT2D eigenvalue weighted by atomic mass is 32.1. The SMILES string of the molecule is Cc1csc(C(C)CNC(=O)c2cscn2)n1. The predicted octanol–water partition coefficient (Wildman–Crippen LogP) is 2.44. The lowest BCUT2D eigenvalue weighted by Gasteiger charge is -2.08. The van der Waals surface area contributed by atoms with Crippen molar-refractivity contribution in [1.29, 1.82) is 0 Å². The van der Waals surface area contributed by atoms with Gasteiger partial charge >= 0.3 is 0 Å². The van der Waals surface area contributed by atoms with Crippen molar-refractivity contribution < 1.29 is 4.79 Å². The lowest BCUT2D eigenvalue weighted by molar-refractivity contribution is 0.0947. The molecule has 0 saturated heterocycles. The van der Waals surface area contributed by atoms with E-state index in [1.807, 2.05) is 12.3 Å². The van der Waals surface area contributed by atoms with Crippen LogP contribution in [-0.2, 0) is 0 Å². The zero-order valence-electron chi connectivity index (χ0n) is 9.64. The second-order valence-corrected chi connectivity index (χ2v) is 5.42. The third-order valence-electron chi connectivity index (χ3n) is 2.29. The van der Waals surface area contributed by atoms with Crippen molar-refractivity contribution in [2.75, 3.05) is 6.54 Å². The van der Waals surface area contributed by atoms with Crippen LogP contribution in [0.4, 0.5) is 0 Å². The van der Waals surface area contributed by atoms with E-state index in [0.717, 1.165) is 10.7 Å². The smallest absolute Gasteiger partial charge is 0.270 e. The van der Waals surface area contributed by atoms with E-state index in [4.69, 9.17) is 0 Å². The largest absolute Gasteiger partial charge is 0.350 e. The average Bonchev–Trinajstić information content (AvgIpc) is 2.95. The van der Waals surface area contributed by atoms with E-state index in [1.54, 1.807) is 22.2 Å². The topological polar surface area (TPSA) is 54.9 Å². The number of carbonyl (C=O) groups is 1. The molecular weight excluding hydrogens is 254 g/mol. The molecule has 1 N–H and O–H groups in total. The van der Waals surface area contributed by atoms with Crippen LogP contribution in [0, 0.1) is 6.92 Å². The van der Waals surface area contributed by atoms with Gasteiger partial charge in [-0.1, -0.05) is 6.92 Å². The van der Waals surface area contributed by atoms with Gasteiger partial charge in [0.2, 0.25) is 0 Å². The fourth-order valence-corrected chi connectivity index (χ4v) is 2.74. The Morgan fingerprint density at radius 2 is 2.35 bits per heavy atom. The molecule has 1 unspecified atom stereocenters. The van der Waals surface area contributed by atoms with Crippen LogP contribution < -0.4 is 5.32 Å². The van der Waals surface area contributed by atoms with E-state index in [0.29, 0.717) is 12.2 Å². The van der Waals surface area contributed by atoms with Gasteiger partial charge in [0.1, 0.15) is 5.69 Å². The van der Waals surface area contributed by atoms with Gasteiger partial charge in [0, 0.05) is 28.9 Å². The number of rotatable bonds is 4. The zero-order valence-corrected chi connectivity index (χ0v) is 11.3. The Morgan fingerprint density at radius 3 is 2.94 bits per heavy atom. The Bertz CT molecular complexity index is 493. The molecule has 4 nitrogen and oxygen atoms in total. The molecule has 2 aromatic heterocycles. The first-order valence-electron chi connectivity index (χ1n) is 5.25. The summed E-state index contributed by atoms with van der Waals surface area (Å²) in [4.78, 5) is 20.0. The number of nitrogens with one attached hydrogen (secondary N) is 1. The van der Waals surface area contributed by atoms with Crippen LogP contribution >= 0.6 is 22.7 Å². The third-order valence-corrected chi connectivity index (χ3v) is 4.07. The summed E-state index contributed by atoms with van der Waals surface area (Å²) in [5.41, 5.74) is 3.17. The third kappa shape index (κ3) is 3.10. The van der Waals surface area contributed by atoms with Crippen molar-refractivity contribution in [3.05, 3.63) is 32.7 Å². The minimum atomic E-state index is -0.119. The number of hydrogen-bond donors (Lipinski definition) is 1. The highest BCUT2D eigenvalue weighted by Crippen LogP contribution is 2.18. The van der Waals surface area contributed by atoms with E-state index in [-0.39, 0.29) is 11.8 Å². The van der Waals surface area contributed by atoms with Crippen molar-refractivity contribution in [3.8, 4) is 0 Å². The molecule has 2 rings (SSSR count). The maximum absolute atomic E-state index is 11.7. The summed E-state index contributed by atoms with van der Waals surface area (Å²) in [7, 11) is 0. The normalized spacial score (nSPS) is 12.4. The molecule has 0 aliphatic rings. The number of amides is 1. The Balaban J connectivity index is 1.88. The Labute approximate surface area is 108 Å². The van der Waals surface area contributed by atoms with Crippen LogP contribution in [0.2, 0.25) is 0 Å². The van der Waals surface area contributed by atoms with Crippen LogP contribution in [0.3, 0.4) is 0 Å². The van der Waals surface area contributed by atoms with Crippen LogP contribution in [0.15, 0.2) is 16.3 Å². The van der Waals surface area contributed by atoms with Gasteiger partial charge in [0.05, 0.1) is 10.5 Å². The van der Waals surface area contributed by atoms with Gasteiger partial charge in [-0.2, -0.15) is 0 Å². The van der Waals surface area contributed by atoms with E-state index < -0.39 is 0 Å². The maximum Gasteiger partial charge on any atom is 0.270 e.